The molecular formula is C23H26FN3O7. The van der Waals surface area contributed by atoms with Crippen molar-refractivity contribution in [1.82, 2.24) is 9.47 Å². The van der Waals surface area contributed by atoms with Crippen LogP contribution in [0.1, 0.15) is 31.5 Å². The van der Waals surface area contributed by atoms with Gasteiger partial charge in [-0.2, -0.15) is 0 Å². The summed E-state index contributed by atoms with van der Waals surface area (Å²) in [6.45, 7) is 2.87. The molecule has 34 heavy (non-hydrogen) atoms. The number of aromatic nitrogens is 1. The van der Waals surface area contributed by atoms with E-state index in [0.29, 0.717) is 24.1 Å². The smallest absolute Gasteiger partial charge is 0.321 e. The number of aliphatic carboxylic acids is 3. The Morgan fingerprint density at radius 1 is 1.09 bits per heavy atom. The van der Waals surface area contributed by atoms with Gasteiger partial charge in [0.2, 0.25) is 0 Å². The van der Waals surface area contributed by atoms with E-state index in [0.717, 1.165) is 0 Å². The summed E-state index contributed by atoms with van der Waals surface area (Å²) in [6.07, 6.45) is 0.420. The molecule has 182 valence electrons. The van der Waals surface area contributed by atoms with Crippen LogP contribution >= 0.6 is 0 Å². The summed E-state index contributed by atoms with van der Waals surface area (Å²) in [7, 11) is 0. The Morgan fingerprint density at radius 3 is 2.29 bits per heavy atom. The standard InChI is InChI=1S/C23H26FN3O7/c1-2-12-7-20(28)13-8-15(24)18(10-17(13)27(12)16-9-14(16)22(31)32)25-3-5-26(6-4-25)19(23(33)34)11-21(29)30/h7-8,10,14,16,19H,2-6,9,11H2,1H3,(H,29,30)(H,31,32)(H,33,34). The number of carboxylic acids is 3. The van der Waals surface area contributed by atoms with Crippen molar-refractivity contribution in [1.29, 1.82) is 0 Å². The van der Waals surface area contributed by atoms with Gasteiger partial charge in [0.15, 0.2) is 5.43 Å². The summed E-state index contributed by atoms with van der Waals surface area (Å²) in [6, 6.07) is 2.72. The van der Waals surface area contributed by atoms with E-state index >= 15 is 4.39 Å². The molecule has 0 amide bonds. The zero-order chi connectivity index (χ0) is 24.7. The first-order chi connectivity index (χ1) is 16.1. The van der Waals surface area contributed by atoms with E-state index in [1.54, 1.807) is 15.9 Å². The predicted octanol–water partition coefficient (Wildman–Crippen LogP) is 1.40. The number of fused-ring (bicyclic) bond motifs is 1. The van der Waals surface area contributed by atoms with Crippen molar-refractivity contribution in [3.05, 3.63) is 39.9 Å². The van der Waals surface area contributed by atoms with Crippen LogP contribution in [-0.4, -0.2) is 74.9 Å². The molecule has 4 rings (SSSR count). The number of piperazine rings is 1. The molecule has 1 aromatic carbocycles. The maximum atomic E-state index is 15.1. The first-order valence-corrected chi connectivity index (χ1v) is 11.2. The fourth-order valence-corrected chi connectivity index (χ4v) is 4.85. The molecule has 1 aliphatic heterocycles. The third-order valence-corrected chi connectivity index (χ3v) is 6.71. The van der Waals surface area contributed by atoms with E-state index in [1.165, 1.54) is 12.1 Å². The topological polar surface area (TPSA) is 140 Å². The maximum absolute atomic E-state index is 15.1. The van der Waals surface area contributed by atoms with Crippen LogP contribution in [0.5, 0.6) is 0 Å². The average molecular weight is 475 g/mol. The van der Waals surface area contributed by atoms with E-state index in [1.807, 2.05) is 11.5 Å². The molecule has 3 unspecified atom stereocenters. The SMILES string of the molecule is CCc1cc(=O)c2cc(F)c(N3CCN(C(CC(=O)O)C(=O)O)CC3)cc2n1C1CC1C(=O)O. The third-order valence-electron chi connectivity index (χ3n) is 6.71. The minimum Gasteiger partial charge on any atom is -0.481 e. The molecule has 3 N–H and O–H groups in total. The van der Waals surface area contributed by atoms with Gasteiger partial charge in [-0.05, 0) is 25.0 Å². The van der Waals surface area contributed by atoms with Crippen molar-refractivity contribution in [2.45, 2.75) is 38.3 Å². The molecule has 1 aliphatic carbocycles. The lowest BCUT2D eigenvalue weighted by Gasteiger charge is -2.38. The van der Waals surface area contributed by atoms with Gasteiger partial charge < -0.3 is 24.8 Å². The van der Waals surface area contributed by atoms with Gasteiger partial charge >= 0.3 is 17.9 Å². The second-order valence-electron chi connectivity index (χ2n) is 8.77. The van der Waals surface area contributed by atoms with E-state index < -0.39 is 42.1 Å². The van der Waals surface area contributed by atoms with Crippen LogP contribution in [0, 0.1) is 11.7 Å². The minimum atomic E-state index is -1.22. The van der Waals surface area contributed by atoms with Gasteiger partial charge in [-0.25, -0.2) is 4.39 Å². The Balaban J connectivity index is 1.67. The van der Waals surface area contributed by atoms with E-state index in [4.69, 9.17) is 5.11 Å². The van der Waals surface area contributed by atoms with Crippen molar-refractivity contribution >= 4 is 34.5 Å². The molecule has 2 aliphatic rings. The lowest BCUT2D eigenvalue weighted by molar-refractivity contribution is -0.150. The normalized spacial score (nSPS) is 21.4. The highest BCUT2D eigenvalue weighted by Gasteiger charge is 2.45. The highest BCUT2D eigenvalue weighted by atomic mass is 19.1. The molecule has 11 heteroatoms. The number of nitrogens with zero attached hydrogens (tertiary/aromatic N) is 3. The Kier molecular flexibility index (Phi) is 6.30. The molecular weight excluding hydrogens is 449 g/mol. The summed E-state index contributed by atoms with van der Waals surface area (Å²) in [5.74, 6) is -4.50. The number of carbonyl (C=O) groups is 3. The second kappa shape index (κ2) is 9.05. The number of hydrogen-bond donors (Lipinski definition) is 3. The quantitative estimate of drug-likeness (QED) is 0.517. The van der Waals surface area contributed by atoms with Crippen LogP contribution < -0.4 is 10.3 Å². The molecule has 10 nitrogen and oxygen atoms in total. The molecule has 2 heterocycles. The number of anilines is 1. The molecule has 3 atom stereocenters. The Morgan fingerprint density at radius 2 is 1.76 bits per heavy atom. The zero-order valence-corrected chi connectivity index (χ0v) is 18.6. The van der Waals surface area contributed by atoms with Gasteiger partial charge in [-0.15, -0.1) is 0 Å². The Bertz CT molecular complexity index is 1220. The molecule has 1 saturated heterocycles. The van der Waals surface area contributed by atoms with E-state index in [9.17, 15) is 29.4 Å². The highest BCUT2D eigenvalue weighted by molar-refractivity contribution is 5.85. The summed E-state index contributed by atoms with van der Waals surface area (Å²) in [5, 5.41) is 28.0. The zero-order valence-electron chi connectivity index (χ0n) is 18.6. The molecule has 0 bridgehead atoms. The first-order valence-electron chi connectivity index (χ1n) is 11.2. The van der Waals surface area contributed by atoms with Crippen molar-refractivity contribution in [3.63, 3.8) is 0 Å². The monoisotopic (exact) mass is 475 g/mol. The molecule has 2 fully saturated rings. The van der Waals surface area contributed by atoms with Gasteiger partial charge in [-0.3, -0.25) is 24.1 Å². The fraction of sp³-hybridized carbons (Fsp3) is 0.478. The first kappa shape index (κ1) is 23.7. The number of benzene rings is 1. The van der Waals surface area contributed by atoms with Gasteiger partial charge in [0.1, 0.15) is 11.9 Å². The number of aryl methyl sites for hydroxylation is 1. The second-order valence-corrected chi connectivity index (χ2v) is 8.77. The number of halogens is 1. The molecule has 0 spiro atoms. The largest absolute Gasteiger partial charge is 0.481 e. The number of pyridine rings is 1. The van der Waals surface area contributed by atoms with Crippen LogP contribution in [0.4, 0.5) is 10.1 Å². The van der Waals surface area contributed by atoms with Crippen LogP contribution in [0.2, 0.25) is 0 Å². The molecule has 1 aromatic heterocycles. The molecule has 1 saturated carbocycles. The summed E-state index contributed by atoms with van der Waals surface area (Å²) >= 11 is 0. The van der Waals surface area contributed by atoms with Crippen molar-refractivity contribution in [3.8, 4) is 0 Å². The van der Waals surface area contributed by atoms with Crippen LogP contribution in [-0.2, 0) is 20.8 Å². The lowest BCUT2D eigenvalue weighted by atomic mass is 10.1. The summed E-state index contributed by atoms with van der Waals surface area (Å²) in [4.78, 5) is 50.0. The summed E-state index contributed by atoms with van der Waals surface area (Å²) in [5.41, 5.74) is 1.08. The number of carboxylic acid groups (broad SMARTS) is 3. The van der Waals surface area contributed by atoms with Gasteiger partial charge in [-0.1, -0.05) is 6.92 Å². The average Bonchev–Trinajstić information content (AvgIpc) is 3.58. The minimum absolute atomic E-state index is 0.181. The predicted molar refractivity (Wildman–Crippen MR) is 120 cm³/mol. The number of hydrogen-bond acceptors (Lipinski definition) is 6. The van der Waals surface area contributed by atoms with Gasteiger partial charge in [0, 0.05) is 49.4 Å². The van der Waals surface area contributed by atoms with Crippen molar-refractivity contribution in [2.24, 2.45) is 5.92 Å². The van der Waals surface area contributed by atoms with Crippen molar-refractivity contribution in [2.75, 3.05) is 31.1 Å². The molecule has 2 aromatic rings. The van der Waals surface area contributed by atoms with E-state index in [2.05, 4.69) is 0 Å². The third kappa shape index (κ3) is 4.35. The highest BCUT2D eigenvalue weighted by Crippen LogP contribution is 2.46. The van der Waals surface area contributed by atoms with Crippen LogP contribution in [0.15, 0.2) is 23.0 Å². The Hall–Kier alpha value is -3.47. The van der Waals surface area contributed by atoms with Gasteiger partial charge in [0.05, 0.1) is 23.5 Å². The Labute approximate surface area is 193 Å². The lowest BCUT2D eigenvalue weighted by Crippen LogP contribution is -2.53. The van der Waals surface area contributed by atoms with E-state index in [-0.39, 0.29) is 48.7 Å². The van der Waals surface area contributed by atoms with Crippen molar-refractivity contribution < 1.29 is 34.1 Å². The number of rotatable bonds is 8. The van der Waals surface area contributed by atoms with Crippen LogP contribution in [0.3, 0.4) is 0 Å². The molecule has 0 radical (unpaired) electrons. The van der Waals surface area contributed by atoms with Crippen LogP contribution in [0.25, 0.3) is 10.9 Å². The van der Waals surface area contributed by atoms with Gasteiger partial charge in [0.25, 0.3) is 0 Å². The maximum Gasteiger partial charge on any atom is 0.321 e. The summed E-state index contributed by atoms with van der Waals surface area (Å²) < 4.78 is 16.9. The fourth-order valence-electron chi connectivity index (χ4n) is 4.85.